The molecule has 0 saturated carbocycles. The van der Waals surface area contributed by atoms with E-state index in [2.05, 4.69) is 10.4 Å². The number of carbonyl (C=O) groups is 1. The first-order chi connectivity index (χ1) is 15.3. The second-order valence-corrected chi connectivity index (χ2v) is 8.55. The first-order valence-corrected chi connectivity index (χ1v) is 10.8. The van der Waals surface area contributed by atoms with Gasteiger partial charge in [0.15, 0.2) is 0 Å². The molecular formula is C23H17ClF3N3OS. The Hall–Kier alpha value is -2.97. The van der Waals surface area contributed by atoms with Crippen LogP contribution in [0.2, 0.25) is 5.02 Å². The molecule has 1 aliphatic heterocycles. The number of hydrazone groups is 1. The standard InChI is InChI=1S/C23H17ClF3N3OS/c24-17-12-10-16(11-13-17)21-18(15-6-2-1-3-7-15)14-30(29-21)22(31)28-19-8-4-5-9-20(19)32-23(25,26)27/h1-13,18H,14H2,(H,28,31). The summed E-state index contributed by atoms with van der Waals surface area (Å²) in [5.74, 6) is -0.192. The third kappa shape index (κ3) is 5.26. The van der Waals surface area contributed by atoms with Crippen LogP contribution < -0.4 is 5.32 Å². The minimum Gasteiger partial charge on any atom is -0.305 e. The van der Waals surface area contributed by atoms with Crippen LogP contribution in [0.1, 0.15) is 17.0 Å². The van der Waals surface area contributed by atoms with Crippen LogP contribution in [0, 0.1) is 0 Å². The van der Waals surface area contributed by atoms with Crippen molar-refractivity contribution < 1.29 is 18.0 Å². The summed E-state index contributed by atoms with van der Waals surface area (Å²) >= 11 is 5.73. The van der Waals surface area contributed by atoms with E-state index in [1.165, 1.54) is 23.2 Å². The average molecular weight is 476 g/mol. The highest BCUT2D eigenvalue weighted by atomic mass is 35.5. The first-order valence-electron chi connectivity index (χ1n) is 9.63. The number of alkyl halides is 3. The SMILES string of the molecule is O=C(Nc1ccccc1SC(F)(F)F)N1CC(c2ccccc2)C(c2ccc(Cl)cc2)=N1. The Labute approximate surface area is 192 Å². The molecule has 4 nitrogen and oxygen atoms in total. The van der Waals surface area contributed by atoms with Crippen LogP contribution in [0.15, 0.2) is 88.9 Å². The molecule has 0 bridgehead atoms. The second kappa shape index (κ2) is 9.26. The van der Waals surface area contributed by atoms with Crippen LogP contribution in [-0.4, -0.2) is 28.8 Å². The summed E-state index contributed by atoms with van der Waals surface area (Å²) in [6.45, 7) is 0.252. The molecule has 0 aromatic heterocycles. The molecule has 4 rings (SSSR count). The Kier molecular flexibility index (Phi) is 6.43. The molecule has 0 fully saturated rings. The summed E-state index contributed by atoms with van der Waals surface area (Å²) in [7, 11) is 0. The van der Waals surface area contributed by atoms with Crippen LogP contribution >= 0.6 is 23.4 Å². The number of carbonyl (C=O) groups excluding carboxylic acids is 1. The normalized spacial score (nSPS) is 16.1. The topological polar surface area (TPSA) is 44.7 Å². The molecule has 1 unspecified atom stereocenters. The maximum atomic E-state index is 12.9. The Balaban J connectivity index is 1.61. The number of halogens is 4. The van der Waals surface area contributed by atoms with E-state index in [0.29, 0.717) is 10.7 Å². The maximum Gasteiger partial charge on any atom is 0.446 e. The molecule has 1 aliphatic rings. The van der Waals surface area contributed by atoms with E-state index in [1.807, 2.05) is 42.5 Å². The smallest absolute Gasteiger partial charge is 0.305 e. The van der Waals surface area contributed by atoms with Gasteiger partial charge in [0.2, 0.25) is 0 Å². The Morgan fingerprint density at radius 2 is 1.66 bits per heavy atom. The molecular weight excluding hydrogens is 459 g/mol. The van der Waals surface area contributed by atoms with Gasteiger partial charge in [-0.1, -0.05) is 66.2 Å². The van der Waals surface area contributed by atoms with Gasteiger partial charge < -0.3 is 5.32 Å². The fourth-order valence-corrected chi connectivity index (χ4v) is 4.17. The number of hydrogen-bond acceptors (Lipinski definition) is 3. The van der Waals surface area contributed by atoms with Gasteiger partial charge in [-0.3, -0.25) is 0 Å². The predicted octanol–water partition coefficient (Wildman–Crippen LogP) is 6.99. The number of nitrogens with zero attached hydrogens (tertiary/aromatic N) is 2. The summed E-state index contributed by atoms with van der Waals surface area (Å²) in [5.41, 5.74) is -1.92. The van der Waals surface area contributed by atoms with E-state index in [4.69, 9.17) is 11.6 Å². The number of hydrogen-bond donors (Lipinski definition) is 1. The van der Waals surface area contributed by atoms with Crippen LogP contribution in [0.4, 0.5) is 23.7 Å². The lowest BCUT2D eigenvalue weighted by atomic mass is 9.91. The average Bonchev–Trinajstić information content (AvgIpc) is 3.21. The molecule has 1 atom stereocenters. The van der Waals surface area contributed by atoms with Gasteiger partial charge in [0.25, 0.3) is 0 Å². The highest BCUT2D eigenvalue weighted by Crippen LogP contribution is 2.40. The van der Waals surface area contributed by atoms with E-state index in [0.717, 1.165) is 11.1 Å². The minimum atomic E-state index is -4.47. The fourth-order valence-electron chi connectivity index (χ4n) is 3.42. The molecule has 0 radical (unpaired) electrons. The molecule has 1 heterocycles. The number of urea groups is 1. The molecule has 32 heavy (non-hydrogen) atoms. The first kappa shape index (κ1) is 22.2. The number of anilines is 1. The summed E-state index contributed by atoms with van der Waals surface area (Å²) in [4.78, 5) is 12.8. The van der Waals surface area contributed by atoms with Crippen molar-refractivity contribution >= 4 is 40.8 Å². The molecule has 1 N–H and O–H groups in total. The van der Waals surface area contributed by atoms with Gasteiger partial charge in [-0.25, -0.2) is 9.80 Å². The third-order valence-corrected chi connectivity index (χ3v) is 5.90. The maximum absolute atomic E-state index is 12.9. The highest BCUT2D eigenvalue weighted by molar-refractivity contribution is 8.00. The number of thioether (sulfide) groups is 1. The number of benzene rings is 3. The lowest BCUT2D eigenvalue weighted by Gasteiger charge is -2.17. The van der Waals surface area contributed by atoms with Crippen LogP contribution in [0.5, 0.6) is 0 Å². The zero-order valence-electron chi connectivity index (χ0n) is 16.5. The van der Waals surface area contributed by atoms with Gasteiger partial charge in [0.1, 0.15) is 0 Å². The van der Waals surface area contributed by atoms with Crippen LogP contribution in [0.3, 0.4) is 0 Å². The van der Waals surface area contributed by atoms with Gasteiger partial charge >= 0.3 is 11.5 Å². The summed E-state index contributed by atoms with van der Waals surface area (Å²) in [6.07, 6.45) is 0. The predicted molar refractivity (Wildman–Crippen MR) is 121 cm³/mol. The lowest BCUT2D eigenvalue weighted by Crippen LogP contribution is -2.30. The van der Waals surface area contributed by atoms with Crippen LogP contribution in [-0.2, 0) is 0 Å². The van der Waals surface area contributed by atoms with Crippen molar-refractivity contribution in [2.75, 3.05) is 11.9 Å². The second-order valence-electron chi connectivity index (χ2n) is 7.01. The quantitative estimate of drug-likeness (QED) is 0.413. The highest BCUT2D eigenvalue weighted by Gasteiger charge is 2.34. The third-order valence-electron chi connectivity index (χ3n) is 4.84. The van der Waals surface area contributed by atoms with Crippen molar-refractivity contribution in [2.24, 2.45) is 5.10 Å². The van der Waals surface area contributed by atoms with Gasteiger partial charge in [-0.2, -0.15) is 18.3 Å². The zero-order valence-corrected chi connectivity index (χ0v) is 18.1. The Bertz CT molecular complexity index is 1140. The molecule has 164 valence electrons. The number of amides is 2. The fraction of sp³-hybridized carbons (Fsp3) is 0.130. The van der Waals surface area contributed by atoms with E-state index in [-0.39, 0.29) is 34.8 Å². The molecule has 9 heteroatoms. The van der Waals surface area contributed by atoms with Gasteiger partial charge in [-0.05, 0) is 47.2 Å². The Morgan fingerprint density at radius 3 is 2.34 bits per heavy atom. The van der Waals surface area contributed by atoms with Crippen molar-refractivity contribution in [3.05, 3.63) is 95.0 Å². The van der Waals surface area contributed by atoms with E-state index in [9.17, 15) is 18.0 Å². The summed E-state index contributed by atoms with van der Waals surface area (Å²) < 4.78 is 38.6. The van der Waals surface area contributed by atoms with E-state index < -0.39 is 11.5 Å². The van der Waals surface area contributed by atoms with Gasteiger partial charge in [0.05, 0.1) is 17.9 Å². The number of nitrogens with one attached hydrogen (secondary N) is 1. The van der Waals surface area contributed by atoms with Gasteiger partial charge in [0, 0.05) is 15.8 Å². The van der Waals surface area contributed by atoms with Crippen molar-refractivity contribution in [1.82, 2.24) is 5.01 Å². The van der Waals surface area contributed by atoms with Crippen molar-refractivity contribution in [3.8, 4) is 0 Å². The van der Waals surface area contributed by atoms with Crippen molar-refractivity contribution in [1.29, 1.82) is 0 Å². The van der Waals surface area contributed by atoms with E-state index in [1.54, 1.807) is 18.2 Å². The number of rotatable bonds is 4. The molecule has 0 aliphatic carbocycles. The zero-order chi connectivity index (χ0) is 22.7. The minimum absolute atomic E-state index is 0.0752. The molecule has 3 aromatic carbocycles. The summed E-state index contributed by atoms with van der Waals surface area (Å²) in [6, 6.07) is 21.9. The molecule has 2 amide bonds. The molecule has 0 spiro atoms. The number of para-hydroxylation sites is 1. The van der Waals surface area contributed by atoms with Crippen molar-refractivity contribution in [2.45, 2.75) is 16.3 Å². The Morgan fingerprint density at radius 1 is 1.00 bits per heavy atom. The summed E-state index contributed by atoms with van der Waals surface area (Å²) in [5, 5.41) is 8.91. The lowest BCUT2D eigenvalue weighted by molar-refractivity contribution is -0.0328. The molecule has 0 saturated heterocycles. The molecule has 3 aromatic rings. The van der Waals surface area contributed by atoms with Gasteiger partial charge in [-0.15, -0.1) is 0 Å². The van der Waals surface area contributed by atoms with E-state index >= 15 is 0 Å². The van der Waals surface area contributed by atoms with Crippen molar-refractivity contribution in [3.63, 3.8) is 0 Å². The van der Waals surface area contributed by atoms with Crippen LogP contribution in [0.25, 0.3) is 0 Å². The monoisotopic (exact) mass is 475 g/mol. The largest absolute Gasteiger partial charge is 0.446 e.